The van der Waals surface area contributed by atoms with Crippen molar-refractivity contribution in [3.63, 3.8) is 0 Å². The van der Waals surface area contributed by atoms with E-state index in [9.17, 15) is 14.4 Å². The van der Waals surface area contributed by atoms with Crippen LogP contribution in [0.25, 0.3) is 0 Å². The molecule has 50 heavy (non-hydrogen) atoms. The highest BCUT2D eigenvalue weighted by atomic mass is 35.5. The average Bonchev–Trinajstić information content (AvgIpc) is 3.04. The van der Waals surface area contributed by atoms with E-state index >= 15 is 0 Å². The maximum atomic E-state index is 14.3. The first kappa shape index (κ1) is 35.5. The predicted molar refractivity (Wildman–Crippen MR) is 198 cm³/mol. The summed E-state index contributed by atoms with van der Waals surface area (Å²) in [5, 5.41) is 3.15. The molecule has 0 radical (unpaired) electrons. The van der Waals surface area contributed by atoms with Gasteiger partial charge in [0.2, 0.25) is 0 Å². The first-order chi connectivity index (χ1) is 23.7. The molecule has 3 aromatic carbocycles. The molecular weight excluding hydrogens is 648 g/mol. The molecule has 0 saturated carbocycles. The standard InChI is InChI=1S/C42H47ClN2O5/c1-25-12-11-15-30(26(25)2)44-36(48)24-50-40-29(43)18-28(19-35(40)49-7)37-38-31(20-41(3,4)22-33(38)46)45(17-16-27-13-9-8-10-14-27)32-21-42(5,6)23-34(47)39(32)37/h8-15,18-19,37H,16-17,20-24H2,1-7H3,(H,44,48). The number of halogens is 1. The topological polar surface area (TPSA) is 84.9 Å². The Bertz CT molecular complexity index is 1870. The SMILES string of the molecule is COc1cc(C2C3=C(CC(C)(C)CC3=O)N(CCc3ccccc3)C3=C2C(=O)CC(C)(C)C3)cc(Cl)c1OCC(=O)Nc1cccc(C)c1C. The second kappa shape index (κ2) is 13.7. The van der Waals surface area contributed by atoms with E-state index in [1.165, 1.54) is 12.7 Å². The van der Waals surface area contributed by atoms with Gasteiger partial charge in [0.1, 0.15) is 0 Å². The Kier molecular flexibility index (Phi) is 9.75. The maximum Gasteiger partial charge on any atom is 0.262 e. The Balaban J connectivity index is 1.40. The van der Waals surface area contributed by atoms with Crippen molar-refractivity contribution in [1.29, 1.82) is 0 Å². The monoisotopic (exact) mass is 694 g/mol. The molecule has 2 aliphatic carbocycles. The number of benzene rings is 3. The third kappa shape index (κ3) is 7.11. The number of anilines is 1. The van der Waals surface area contributed by atoms with Crippen molar-refractivity contribution in [2.75, 3.05) is 25.6 Å². The number of rotatable bonds is 9. The number of carbonyl (C=O) groups excluding carboxylic acids is 3. The van der Waals surface area contributed by atoms with E-state index in [0.717, 1.165) is 34.6 Å². The first-order valence-electron chi connectivity index (χ1n) is 17.4. The van der Waals surface area contributed by atoms with Crippen molar-refractivity contribution in [1.82, 2.24) is 4.90 Å². The Hall–Kier alpha value is -4.36. The molecule has 0 bridgehead atoms. The highest BCUT2D eigenvalue weighted by molar-refractivity contribution is 6.32. The van der Waals surface area contributed by atoms with Gasteiger partial charge >= 0.3 is 0 Å². The Morgan fingerprint density at radius 3 is 2.10 bits per heavy atom. The molecule has 1 heterocycles. The molecule has 0 saturated heterocycles. The molecule has 0 unspecified atom stereocenters. The van der Waals surface area contributed by atoms with Crippen molar-refractivity contribution >= 4 is 34.8 Å². The number of aryl methyl sites for hydroxylation is 1. The average molecular weight is 695 g/mol. The van der Waals surface area contributed by atoms with Crippen molar-refractivity contribution in [2.45, 2.75) is 79.6 Å². The van der Waals surface area contributed by atoms with E-state index in [2.05, 4.69) is 50.0 Å². The minimum absolute atomic E-state index is 0.0497. The van der Waals surface area contributed by atoms with Crippen LogP contribution in [0.15, 0.2) is 83.2 Å². The zero-order chi connectivity index (χ0) is 36.0. The van der Waals surface area contributed by atoms with Gasteiger partial charge in [0.25, 0.3) is 5.91 Å². The van der Waals surface area contributed by atoms with E-state index in [1.54, 1.807) is 6.07 Å². The van der Waals surface area contributed by atoms with E-state index in [0.29, 0.717) is 54.7 Å². The minimum Gasteiger partial charge on any atom is -0.493 e. The molecule has 0 atom stereocenters. The van der Waals surface area contributed by atoms with Gasteiger partial charge in [-0.3, -0.25) is 14.4 Å². The largest absolute Gasteiger partial charge is 0.493 e. The van der Waals surface area contributed by atoms with E-state index in [1.807, 2.05) is 56.3 Å². The molecule has 6 rings (SSSR count). The highest BCUT2D eigenvalue weighted by Crippen LogP contribution is 2.55. The minimum atomic E-state index is -0.590. The smallest absolute Gasteiger partial charge is 0.262 e. The van der Waals surface area contributed by atoms with Gasteiger partial charge in [-0.15, -0.1) is 0 Å². The van der Waals surface area contributed by atoms with Crippen molar-refractivity contribution in [2.24, 2.45) is 10.8 Å². The number of ether oxygens (including phenoxy) is 2. The van der Waals surface area contributed by atoms with Gasteiger partial charge in [0, 0.05) is 53.5 Å². The molecule has 3 aromatic rings. The van der Waals surface area contributed by atoms with Crippen LogP contribution in [0.2, 0.25) is 5.02 Å². The van der Waals surface area contributed by atoms with Gasteiger partial charge in [-0.2, -0.15) is 0 Å². The molecule has 0 fully saturated rings. The summed E-state index contributed by atoms with van der Waals surface area (Å²) in [5.74, 6) is -0.269. The van der Waals surface area contributed by atoms with Gasteiger partial charge < -0.3 is 19.7 Å². The number of amides is 1. The summed E-state index contributed by atoms with van der Waals surface area (Å²) in [5.41, 5.74) is 7.54. The summed E-state index contributed by atoms with van der Waals surface area (Å²) >= 11 is 6.93. The van der Waals surface area contributed by atoms with Crippen LogP contribution in [0.5, 0.6) is 11.5 Å². The lowest BCUT2D eigenvalue weighted by atomic mass is 9.63. The number of nitrogens with one attached hydrogen (secondary N) is 1. The van der Waals surface area contributed by atoms with Gasteiger partial charge in [-0.1, -0.05) is 81.8 Å². The third-order valence-corrected chi connectivity index (χ3v) is 10.6. The molecule has 8 heteroatoms. The lowest BCUT2D eigenvalue weighted by molar-refractivity contribution is -0.120. The molecule has 0 aromatic heterocycles. The van der Waals surface area contributed by atoms with Crippen LogP contribution in [0.4, 0.5) is 5.69 Å². The van der Waals surface area contributed by atoms with E-state index in [-0.39, 0.29) is 45.7 Å². The molecule has 1 amide bonds. The van der Waals surface area contributed by atoms with Crippen LogP contribution in [-0.2, 0) is 20.8 Å². The fraction of sp³-hybridized carbons (Fsp3) is 0.405. The molecule has 7 nitrogen and oxygen atoms in total. The Morgan fingerprint density at radius 2 is 1.50 bits per heavy atom. The van der Waals surface area contributed by atoms with Crippen LogP contribution in [0.3, 0.4) is 0 Å². The Morgan fingerprint density at radius 1 is 0.880 bits per heavy atom. The van der Waals surface area contributed by atoms with Crippen LogP contribution in [-0.4, -0.2) is 42.6 Å². The normalized spacial score (nSPS) is 18.5. The zero-order valence-electron chi connectivity index (χ0n) is 30.2. The molecule has 1 aliphatic heterocycles. The Labute approximate surface area is 300 Å². The molecule has 262 valence electrons. The highest BCUT2D eigenvalue weighted by Gasteiger charge is 2.49. The number of nitrogens with zero attached hydrogens (tertiary/aromatic N) is 1. The lowest BCUT2D eigenvalue weighted by Crippen LogP contribution is -2.45. The number of Topliss-reactive ketones (excluding diaryl/α,β-unsaturated/α-hetero) is 2. The van der Waals surface area contributed by atoms with Crippen LogP contribution in [0.1, 0.15) is 81.5 Å². The molecular formula is C42H47ClN2O5. The number of hydrogen-bond acceptors (Lipinski definition) is 6. The number of methoxy groups -OCH3 is 1. The summed E-state index contributed by atoms with van der Waals surface area (Å²) in [6.07, 6.45) is 2.99. The van der Waals surface area contributed by atoms with Crippen molar-refractivity contribution in [3.05, 3.63) is 110 Å². The van der Waals surface area contributed by atoms with Gasteiger partial charge in [-0.25, -0.2) is 0 Å². The van der Waals surface area contributed by atoms with Gasteiger partial charge in [0.05, 0.1) is 12.1 Å². The summed E-state index contributed by atoms with van der Waals surface area (Å²) in [6, 6.07) is 19.6. The van der Waals surface area contributed by atoms with E-state index in [4.69, 9.17) is 21.1 Å². The first-order valence-corrected chi connectivity index (χ1v) is 17.8. The second-order valence-corrected chi connectivity index (χ2v) is 15.9. The second-order valence-electron chi connectivity index (χ2n) is 15.5. The number of ketones is 2. The van der Waals surface area contributed by atoms with Crippen LogP contribution >= 0.6 is 11.6 Å². The predicted octanol–water partition coefficient (Wildman–Crippen LogP) is 8.91. The summed E-state index contributed by atoms with van der Waals surface area (Å²) in [7, 11) is 1.52. The van der Waals surface area contributed by atoms with Crippen molar-refractivity contribution in [3.8, 4) is 11.5 Å². The number of carbonyl (C=O) groups is 3. The molecule has 0 spiro atoms. The van der Waals surface area contributed by atoms with E-state index < -0.39 is 5.92 Å². The maximum absolute atomic E-state index is 14.3. The molecule has 1 N–H and O–H groups in total. The number of allylic oxidation sites excluding steroid dienone is 4. The quantitative estimate of drug-likeness (QED) is 0.241. The van der Waals surface area contributed by atoms with Crippen LogP contribution in [0, 0.1) is 24.7 Å². The fourth-order valence-corrected chi connectivity index (χ4v) is 8.07. The zero-order valence-corrected chi connectivity index (χ0v) is 30.9. The summed E-state index contributed by atoms with van der Waals surface area (Å²) in [4.78, 5) is 43.8. The van der Waals surface area contributed by atoms with Crippen LogP contribution < -0.4 is 14.8 Å². The lowest BCUT2D eigenvalue weighted by Gasteiger charge is -2.49. The third-order valence-electron chi connectivity index (χ3n) is 10.3. The number of hydrogen-bond donors (Lipinski definition) is 1. The van der Waals surface area contributed by atoms with Crippen molar-refractivity contribution < 1.29 is 23.9 Å². The van der Waals surface area contributed by atoms with Gasteiger partial charge in [0.15, 0.2) is 29.7 Å². The summed E-state index contributed by atoms with van der Waals surface area (Å²) < 4.78 is 11.8. The summed E-state index contributed by atoms with van der Waals surface area (Å²) in [6.45, 7) is 12.9. The fourth-order valence-electron chi connectivity index (χ4n) is 7.79. The molecule has 3 aliphatic rings. The van der Waals surface area contributed by atoms with Gasteiger partial charge in [-0.05, 0) is 84.4 Å².